The van der Waals surface area contributed by atoms with Crippen LogP contribution in [0.5, 0.6) is 0 Å². The van der Waals surface area contributed by atoms with Crippen molar-refractivity contribution in [1.82, 2.24) is 0 Å². The van der Waals surface area contributed by atoms with Crippen LogP contribution in [0.1, 0.15) is 195 Å². The van der Waals surface area contributed by atoms with E-state index in [9.17, 15) is 47.9 Å². The number of methoxy groups -OCH3 is 2. The fourth-order valence-corrected chi connectivity index (χ4v) is 7.92. The molecular weight excluding hydrogens is 1150 g/mol. The molecule has 7 saturated heterocycles. The predicted molar refractivity (Wildman–Crippen MR) is 306 cm³/mol. The molecule has 0 aromatic carbocycles. The minimum absolute atomic E-state index is 0.0810. The molecule has 26 nitrogen and oxygen atoms in total. The summed E-state index contributed by atoms with van der Waals surface area (Å²) in [6.07, 6.45) is 4.51. The number of rotatable bonds is 16. The van der Waals surface area contributed by atoms with Crippen LogP contribution in [0.15, 0.2) is 0 Å². The second-order valence-corrected chi connectivity index (χ2v) is 25.6. The lowest BCUT2D eigenvalue weighted by molar-refractivity contribution is -0.176. The first-order valence-corrected chi connectivity index (χ1v) is 30.0. The van der Waals surface area contributed by atoms with Gasteiger partial charge < -0.3 is 75.8 Å². The molecule has 0 aromatic rings. The van der Waals surface area contributed by atoms with Crippen LogP contribution >= 0.6 is 0 Å². The molecule has 1 saturated carbocycles. The van der Waals surface area contributed by atoms with Crippen molar-refractivity contribution >= 4 is 60.6 Å². The Labute approximate surface area is 512 Å². The predicted octanol–water partition coefficient (Wildman–Crippen LogP) is 10.8. The topological polar surface area (TPSA) is 318 Å². The number of ether oxygens (including phenoxy) is 16. The van der Waals surface area contributed by atoms with E-state index in [-0.39, 0.29) is 103 Å². The molecule has 10 atom stereocenters. The average molecular weight is 1250 g/mol. The molecule has 87 heavy (non-hydrogen) atoms. The third-order valence-electron chi connectivity index (χ3n) is 16.5. The Morgan fingerprint density at radius 3 is 1.28 bits per heavy atom. The zero-order valence-corrected chi connectivity index (χ0v) is 55.0. The highest BCUT2D eigenvalue weighted by Gasteiger charge is 2.57. The number of carbonyl (C=O) groups excluding carboxylic acids is 10. The van der Waals surface area contributed by atoms with E-state index in [4.69, 9.17) is 56.8 Å². The summed E-state index contributed by atoms with van der Waals surface area (Å²) in [5.41, 5.74) is -3.05. The van der Waals surface area contributed by atoms with Crippen molar-refractivity contribution in [2.45, 2.75) is 262 Å². The van der Waals surface area contributed by atoms with E-state index in [1.807, 2.05) is 104 Å². The summed E-state index contributed by atoms with van der Waals surface area (Å²) in [6, 6.07) is 0. The van der Waals surface area contributed by atoms with Crippen LogP contribution in [0.3, 0.4) is 0 Å². The van der Waals surface area contributed by atoms with Gasteiger partial charge in [0.1, 0.15) is 49.8 Å². The molecule has 500 valence electrons. The van der Waals surface area contributed by atoms with Gasteiger partial charge in [0.2, 0.25) is 0 Å². The molecule has 0 aromatic heterocycles. The fraction of sp³-hybridized carbons (Fsp3) is 0.836. The fourth-order valence-electron chi connectivity index (χ4n) is 7.92. The SMILES string of the molecule is CCC(C)(C)C(=O)OC.CCC(C)(C)C(=O)OC.CCC(C)(C)C(=O)OC(C)(C)C1COC(=O)O1.CCC(C)(C)C(=O)OC(C)C1COC(=O)O1.CCC(C)(C)C(=O)OCC1CCOC(=O)O1.O=C1OC2C3CCC(O3)C2O1.O=C1OC2CCCC2O1. The van der Waals surface area contributed by atoms with E-state index in [0.29, 0.717) is 32.3 Å². The van der Waals surface area contributed by atoms with Gasteiger partial charge in [-0.1, -0.05) is 34.6 Å². The van der Waals surface area contributed by atoms with Crippen LogP contribution in [0.4, 0.5) is 24.0 Å². The molecule has 8 fully saturated rings. The maximum Gasteiger partial charge on any atom is 0.509 e. The van der Waals surface area contributed by atoms with Crippen LogP contribution in [0.2, 0.25) is 0 Å². The zero-order chi connectivity index (χ0) is 66.5. The lowest BCUT2D eigenvalue weighted by Crippen LogP contribution is -2.45. The zero-order valence-electron chi connectivity index (χ0n) is 55.0. The van der Waals surface area contributed by atoms with Gasteiger partial charge in [-0.2, -0.15) is 0 Å². The van der Waals surface area contributed by atoms with Crippen molar-refractivity contribution in [3.8, 4) is 0 Å². The van der Waals surface area contributed by atoms with Crippen LogP contribution in [-0.2, 0) is 99.8 Å². The summed E-state index contributed by atoms with van der Waals surface area (Å²) in [7, 11) is 2.83. The molecule has 8 aliphatic rings. The van der Waals surface area contributed by atoms with E-state index in [2.05, 4.69) is 18.9 Å². The summed E-state index contributed by atoms with van der Waals surface area (Å²) in [5, 5.41) is 0. The Morgan fingerprint density at radius 2 is 0.874 bits per heavy atom. The van der Waals surface area contributed by atoms with E-state index >= 15 is 0 Å². The first-order valence-electron chi connectivity index (χ1n) is 30.0. The standard InChI is InChI=1S/C12H20O5.2C11H18O5.C7H8O4.2C7H14O2.C6H8O3/c1-6-11(2,3)9(13)17-12(4,5)8-7-15-10(14)16-8;1-5-11(3,4)9(12)15-7(2)8-6-14-10(13)16-8;1-4-11(2,3)9(12)15-7-8-5-6-14-10(13)16-8;8-7-10-5-3-1-2-4(9-3)6(5)11-7;2*1-5-7(2,3)6(8)9-4;7-6-8-4-2-1-3-5(4)9-6/h8H,6-7H2,1-5H3;7-8H,5-6H2,1-4H3;8H,4-7H2,1-3H3;3-6H,1-2H2;2*5H2,1-4H3;4-5H,1-3H2. The van der Waals surface area contributed by atoms with Gasteiger partial charge in [-0.3, -0.25) is 24.0 Å². The number of fused-ring (bicyclic) bond motifs is 6. The quantitative estimate of drug-likeness (QED) is 0.102. The molecule has 1 aliphatic carbocycles. The second kappa shape index (κ2) is 33.9. The Balaban J connectivity index is 0.000000351. The third kappa shape index (κ3) is 23.9. The highest BCUT2D eigenvalue weighted by Crippen LogP contribution is 2.41. The van der Waals surface area contributed by atoms with Crippen molar-refractivity contribution in [3.63, 3.8) is 0 Å². The monoisotopic (exact) mass is 1250 g/mol. The van der Waals surface area contributed by atoms with E-state index in [0.717, 1.165) is 44.9 Å². The summed E-state index contributed by atoms with van der Waals surface area (Å²) in [6.45, 7) is 33.9. The largest absolute Gasteiger partial charge is 0.509 e. The number of esters is 5. The van der Waals surface area contributed by atoms with Gasteiger partial charge in [-0.05, 0) is 154 Å². The normalized spacial score (nSPS) is 25.0. The summed E-state index contributed by atoms with van der Waals surface area (Å²) in [5.74, 6) is -1.12. The summed E-state index contributed by atoms with van der Waals surface area (Å²) < 4.78 is 78.5. The maximum atomic E-state index is 11.9. The number of carbonyl (C=O) groups is 10. The van der Waals surface area contributed by atoms with Gasteiger partial charge in [0, 0.05) is 6.42 Å². The number of hydrogen-bond acceptors (Lipinski definition) is 26. The molecule has 2 bridgehead atoms. The maximum absolute atomic E-state index is 11.9. The van der Waals surface area contributed by atoms with Gasteiger partial charge in [-0.15, -0.1) is 0 Å². The molecule has 0 N–H and O–H groups in total. The average Bonchev–Trinajstić information content (AvgIpc) is 1.70. The van der Waals surface area contributed by atoms with Crippen molar-refractivity contribution in [2.75, 3.05) is 40.6 Å². The summed E-state index contributed by atoms with van der Waals surface area (Å²) in [4.78, 5) is 110. The molecule has 0 amide bonds. The van der Waals surface area contributed by atoms with E-state index in [1.165, 1.54) is 14.2 Å². The van der Waals surface area contributed by atoms with Crippen molar-refractivity contribution < 1.29 is 124 Å². The van der Waals surface area contributed by atoms with E-state index in [1.54, 1.807) is 20.8 Å². The minimum Gasteiger partial charge on any atom is -0.469 e. The third-order valence-corrected chi connectivity index (χ3v) is 16.5. The van der Waals surface area contributed by atoms with Crippen molar-refractivity contribution in [1.29, 1.82) is 0 Å². The van der Waals surface area contributed by atoms with Gasteiger partial charge in [0.15, 0.2) is 24.4 Å². The first-order chi connectivity index (χ1) is 40.3. The van der Waals surface area contributed by atoms with Crippen LogP contribution in [0.25, 0.3) is 0 Å². The Morgan fingerprint density at radius 1 is 0.460 bits per heavy atom. The Bertz CT molecular complexity index is 2240. The van der Waals surface area contributed by atoms with Crippen molar-refractivity contribution in [2.24, 2.45) is 27.1 Å². The molecule has 26 heteroatoms. The highest BCUT2D eigenvalue weighted by molar-refractivity contribution is 5.78. The molecule has 7 heterocycles. The molecule has 10 unspecified atom stereocenters. The molecule has 7 aliphatic heterocycles. The lowest BCUT2D eigenvalue weighted by atomic mass is 9.90. The highest BCUT2D eigenvalue weighted by atomic mass is 16.8. The minimum atomic E-state index is -0.879. The smallest absolute Gasteiger partial charge is 0.469 e. The second-order valence-electron chi connectivity index (χ2n) is 25.6. The Kier molecular flexibility index (Phi) is 29.9. The number of cyclic esters (lactones) is 6. The molecular formula is C61H100O26. The van der Waals surface area contributed by atoms with Gasteiger partial charge in [0.05, 0.1) is 60.1 Å². The van der Waals surface area contributed by atoms with Gasteiger partial charge in [0.25, 0.3) is 0 Å². The van der Waals surface area contributed by atoms with Crippen LogP contribution in [-0.4, -0.2) is 168 Å². The van der Waals surface area contributed by atoms with Crippen LogP contribution in [0, 0.1) is 27.1 Å². The van der Waals surface area contributed by atoms with Crippen molar-refractivity contribution in [3.05, 3.63) is 0 Å². The van der Waals surface area contributed by atoms with Gasteiger partial charge >= 0.3 is 60.6 Å². The molecule has 0 radical (unpaired) electrons. The number of hydrogen-bond donors (Lipinski definition) is 0. The Hall–Kier alpha value is -6.34. The summed E-state index contributed by atoms with van der Waals surface area (Å²) >= 11 is 0. The molecule has 0 spiro atoms. The van der Waals surface area contributed by atoms with E-state index < -0.39 is 70.9 Å². The first kappa shape index (κ1) is 76.8. The van der Waals surface area contributed by atoms with Crippen LogP contribution < -0.4 is 0 Å². The van der Waals surface area contributed by atoms with Gasteiger partial charge in [-0.25, -0.2) is 24.0 Å². The lowest BCUT2D eigenvalue weighted by Gasteiger charge is -2.32. The molecule has 8 rings (SSSR count).